The highest BCUT2D eigenvalue weighted by atomic mass is 35.5. The van der Waals surface area contributed by atoms with E-state index in [0.29, 0.717) is 22.1 Å². The number of rotatable bonds is 5. The fourth-order valence-electron chi connectivity index (χ4n) is 3.62. The number of hydrogen-bond acceptors (Lipinski definition) is 5. The van der Waals surface area contributed by atoms with Crippen molar-refractivity contribution in [2.45, 2.75) is 24.8 Å². The number of thioether (sulfide) groups is 1. The third-order valence-corrected chi connectivity index (χ3v) is 6.44. The van der Waals surface area contributed by atoms with Gasteiger partial charge in [0.2, 0.25) is 0 Å². The predicted octanol–water partition coefficient (Wildman–Crippen LogP) is 5.50. The zero-order chi connectivity index (χ0) is 22.9. The molecular formula is C25H20ClN5OS. The molecule has 0 bridgehead atoms. The standard InChI is InChI=1S/C25H20ClN5OS/c1-16-4-3-5-21(12-16)31-24(18-6-8-19(26)9-7-18)28-29-25(31)33-15-20-14-23(32)30-11-10-17(2)13-22(30)27-20/h3-14H,15H2,1-2H3. The molecule has 0 aliphatic carbocycles. The highest BCUT2D eigenvalue weighted by Crippen LogP contribution is 2.30. The van der Waals surface area contributed by atoms with Crippen molar-refractivity contribution in [2.75, 3.05) is 0 Å². The van der Waals surface area contributed by atoms with Crippen molar-refractivity contribution in [1.29, 1.82) is 0 Å². The first-order chi connectivity index (χ1) is 16.0. The summed E-state index contributed by atoms with van der Waals surface area (Å²) in [5.74, 6) is 1.21. The van der Waals surface area contributed by atoms with Gasteiger partial charge in [0.15, 0.2) is 11.0 Å². The lowest BCUT2D eigenvalue weighted by atomic mass is 10.2. The van der Waals surface area contributed by atoms with Gasteiger partial charge in [-0.05, 0) is 73.5 Å². The second kappa shape index (κ2) is 8.84. The van der Waals surface area contributed by atoms with Gasteiger partial charge in [-0.1, -0.05) is 35.5 Å². The number of aryl methyl sites for hydroxylation is 2. The van der Waals surface area contributed by atoms with Gasteiger partial charge in [0.05, 0.1) is 5.69 Å². The number of fused-ring (bicyclic) bond motifs is 1. The Morgan fingerprint density at radius 3 is 2.52 bits per heavy atom. The van der Waals surface area contributed by atoms with Crippen LogP contribution in [0.3, 0.4) is 0 Å². The molecule has 3 aromatic heterocycles. The monoisotopic (exact) mass is 473 g/mol. The van der Waals surface area contributed by atoms with Crippen LogP contribution in [0.15, 0.2) is 82.9 Å². The fraction of sp³-hybridized carbons (Fsp3) is 0.120. The molecule has 0 amide bonds. The van der Waals surface area contributed by atoms with Gasteiger partial charge in [0.1, 0.15) is 5.65 Å². The van der Waals surface area contributed by atoms with Crippen LogP contribution in [-0.2, 0) is 5.75 Å². The molecule has 0 fully saturated rings. The first kappa shape index (κ1) is 21.4. The Bertz CT molecular complexity index is 1520. The van der Waals surface area contributed by atoms with Crippen molar-refractivity contribution in [1.82, 2.24) is 24.1 Å². The lowest BCUT2D eigenvalue weighted by Crippen LogP contribution is -2.15. The quantitative estimate of drug-likeness (QED) is 0.315. The molecule has 6 nitrogen and oxygen atoms in total. The summed E-state index contributed by atoms with van der Waals surface area (Å²) in [5.41, 5.74) is 5.31. The van der Waals surface area contributed by atoms with Crippen LogP contribution in [-0.4, -0.2) is 24.1 Å². The Balaban J connectivity index is 1.54. The summed E-state index contributed by atoms with van der Waals surface area (Å²) in [6.45, 7) is 4.03. The predicted molar refractivity (Wildman–Crippen MR) is 132 cm³/mol. The molecule has 0 spiro atoms. The van der Waals surface area contributed by atoms with Gasteiger partial charge in [-0.15, -0.1) is 10.2 Å². The van der Waals surface area contributed by atoms with E-state index in [1.165, 1.54) is 11.8 Å². The number of nitrogens with zero attached hydrogens (tertiary/aromatic N) is 5. The molecule has 0 unspecified atom stereocenters. The van der Waals surface area contributed by atoms with Crippen molar-refractivity contribution in [3.63, 3.8) is 0 Å². The summed E-state index contributed by atoms with van der Waals surface area (Å²) in [7, 11) is 0. The topological polar surface area (TPSA) is 65.1 Å². The minimum Gasteiger partial charge on any atom is -0.270 e. The zero-order valence-corrected chi connectivity index (χ0v) is 19.6. The highest BCUT2D eigenvalue weighted by Gasteiger charge is 2.17. The van der Waals surface area contributed by atoms with E-state index in [2.05, 4.69) is 34.2 Å². The summed E-state index contributed by atoms with van der Waals surface area (Å²) in [6.07, 6.45) is 1.75. The van der Waals surface area contributed by atoms with Gasteiger partial charge >= 0.3 is 0 Å². The Kier molecular flexibility index (Phi) is 5.74. The van der Waals surface area contributed by atoms with Gasteiger partial charge in [-0.3, -0.25) is 13.8 Å². The SMILES string of the molecule is Cc1cccc(-n2c(SCc3cc(=O)n4ccc(C)cc4n3)nnc2-c2ccc(Cl)cc2)c1. The maximum absolute atomic E-state index is 12.5. The normalized spacial score (nSPS) is 11.2. The van der Waals surface area contributed by atoms with E-state index >= 15 is 0 Å². The van der Waals surface area contributed by atoms with E-state index < -0.39 is 0 Å². The molecule has 8 heteroatoms. The Morgan fingerprint density at radius 2 is 1.73 bits per heavy atom. The van der Waals surface area contributed by atoms with Gasteiger partial charge in [-0.2, -0.15) is 0 Å². The first-order valence-corrected chi connectivity index (χ1v) is 11.7. The summed E-state index contributed by atoms with van der Waals surface area (Å²) in [4.78, 5) is 17.2. The van der Waals surface area contributed by atoms with Crippen LogP contribution in [0.2, 0.25) is 5.02 Å². The van der Waals surface area contributed by atoms with E-state index in [1.807, 2.05) is 60.0 Å². The number of aromatic nitrogens is 5. The van der Waals surface area contributed by atoms with Crippen molar-refractivity contribution < 1.29 is 0 Å². The smallest absolute Gasteiger partial charge is 0.258 e. The molecule has 33 heavy (non-hydrogen) atoms. The third kappa shape index (κ3) is 4.42. The zero-order valence-electron chi connectivity index (χ0n) is 18.1. The number of halogens is 1. The molecule has 0 saturated heterocycles. The maximum atomic E-state index is 12.5. The molecule has 0 atom stereocenters. The second-order valence-electron chi connectivity index (χ2n) is 7.79. The van der Waals surface area contributed by atoms with Crippen LogP contribution in [0.25, 0.3) is 22.7 Å². The summed E-state index contributed by atoms with van der Waals surface area (Å²) in [5, 5.41) is 10.3. The van der Waals surface area contributed by atoms with Crippen LogP contribution in [0.4, 0.5) is 0 Å². The van der Waals surface area contributed by atoms with Crippen LogP contribution in [0.1, 0.15) is 16.8 Å². The average molecular weight is 474 g/mol. The molecule has 0 aliphatic rings. The maximum Gasteiger partial charge on any atom is 0.258 e. The lowest BCUT2D eigenvalue weighted by molar-refractivity contribution is 0.883. The number of hydrogen-bond donors (Lipinski definition) is 0. The first-order valence-electron chi connectivity index (χ1n) is 10.4. The molecule has 0 aliphatic heterocycles. The van der Waals surface area contributed by atoms with E-state index in [1.54, 1.807) is 16.7 Å². The minimum atomic E-state index is -0.0994. The van der Waals surface area contributed by atoms with Crippen molar-refractivity contribution >= 4 is 29.0 Å². The van der Waals surface area contributed by atoms with Crippen molar-refractivity contribution in [3.8, 4) is 17.1 Å². The van der Waals surface area contributed by atoms with Gasteiger partial charge < -0.3 is 0 Å². The molecule has 5 rings (SSSR count). The van der Waals surface area contributed by atoms with E-state index in [4.69, 9.17) is 11.6 Å². The van der Waals surface area contributed by atoms with Crippen LogP contribution >= 0.6 is 23.4 Å². The summed E-state index contributed by atoms with van der Waals surface area (Å²) < 4.78 is 3.58. The van der Waals surface area contributed by atoms with E-state index in [9.17, 15) is 4.79 Å². The van der Waals surface area contributed by atoms with Crippen LogP contribution < -0.4 is 5.56 Å². The molecule has 0 N–H and O–H groups in total. The molecule has 2 aromatic carbocycles. The van der Waals surface area contributed by atoms with Gasteiger partial charge in [-0.25, -0.2) is 4.98 Å². The molecule has 164 valence electrons. The number of benzene rings is 2. The molecule has 0 radical (unpaired) electrons. The fourth-order valence-corrected chi connectivity index (χ4v) is 4.59. The average Bonchev–Trinajstić information content (AvgIpc) is 3.22. The van der Waals surface area contributed by atoms with E-state index in [0.717, 1.165) is 33.4 Å². The number of pyridine rings is 1. The summed E-state index contributed by atoms with van der Waals surface area (Å²) >= 11 is 7.58. The van der Waals surface area contributed by atoms with Gasteiger partial charge in [0, 0.05) is 34.3 Å². The van der Waals surface area contributed by atoms with Gasteiger partial charge in [0.25, 0.3) is 5.56 Å². The summed E-state index contributed by atoms with van der Waals surface area (Å²) in [6, 6.07) is 21.1. The molecule has 5 aromatic rings. The third-order valence-electron chi connectivity index (χ3n) is 5.22. The molecule has 3 heterocycles. The van der Waals surface area contributed by atoms with Crippen LogP contribution in [0, 0.1) is 13.8 Å². The van der Waals surface area contributed by atoms with Crippen molar-refractivity contribution in [3.05, 3.63) is 105 Å². The lowest BCUT2D eigenvalue weighted by Gasteiger charge is -2.11. The van der Waals surface area contributed by atoms with Crippen LogP contribution in [0.5, 0.6) is 0 Å². The Hall–Kier alpha value is -3.42. The van der Waals surface area contributed by atoms with Crippen molar-refractivity contribution in [2.24, 2.45) is 0 Å². The largest absolute Gasteiger partial charge is 0.270 e. The Labute approximate surface area is 199 Å². The minimum absolute atomic E-state index is 0.0994. The highest BCUT2D eigenvalue weighted by molar-refractivity contribution is 7.98. The Morgan fingerprint density at radius 1 is 0.939 bits per heavy atom. The molecular weight excluding hydrogens is 454 g/mol. The molecule has 0 saturated carbocycles. The van der Waals surface area contributed by atoms with E-state index in [-0.39, 0.29) is 5.56 Å². The second-order valence-corrected chi connectivity index (χ2v) is 9.17.